The van der Waals surface area contributed by atoms with Gasteiger partial charge in [0.25, 0.3) is 0 Å². The highest BCUT2D eigenvalue weighted by Gasteiger charge is 2.17. The molecule has 98 valence electrons. The molecular formula is C17H18FN. The third kappa shape index (κ3) is 2.62. The Kier molecular flexibility index (Phi) is 3.24. The van der Waals surface area contributed by atoms with E-state index in [0.717, 1.165) is 24.8 Å². The molecule has 2 aromatic rings. The van der Waals surface area contributed by atoms with Gasteiger partial charge in [-0.1, -0.05) is 30.3 Å². The van der Waals surface area contributed by atoms with Crippen molar-refractivity contribution in [1.82, 2.24) is 0 Å². The molecule has 1 aliphatic heterocycles. The van der Waals surface area contributed by atoms with Crippen molar-refractivity contribution < 1.29 is 4.39 Å². The zero-order valence-electron chi connectivity index (χ0n) is 11.1. The minimum absolute atomic E-state index is 0.103. The molecule has 1 N–H and O–H groups in total. The number of rotatable bonds is 2. The molecule has 2 aromatic carbocycles. The van der Waals surface area contributed by atoms with Gasteiger partial charge in [-0.05, 0) is 55.0 Å². The number of aryl methyl sites for hydroxylation is 2. The topological polar surface area (TPSA) is 12.0 Å². The van der Waals surface area contributed by atoms with Crippen LogP contribution in [0.2, 0.25) is 0 Å². The predicted molar refractivity (Wildman–Crippen MR) is 77.0 cm³/mol. The van der Waals surface area contributed by atoms with Crippen LogP contribution in [0, 0.1) is 12.7 Å². The molecular weight excluding hydrogens is 237 g/mol. The summed E-state index contributed by atoms with van der Waals surface area (Å²) >= 11 is 0. The molecule has 0 radical (unpaired) electrons. The zero-order valence-corrected chi connectivity index (χ0v) is 11.1. The van der Waals surface area contributed by atoms with E-state index in [1.807, 2.05) is 12.1 Å². The number of anilines is 1. The molecule has 1 nitrogen and oxygen atoms in total. The van der Waals surface area contributed by atoms with Crippen molar-refractivity contribution in [3.05, 3.63) is 65.0 Å². The van der Waals surface area contributed by atoms with Gasteiger partial charge in [-0.2, -0.15) is 0 Å². The van der Waals surface area contributed by atoms with E-state index in [1.54, 1.807) is 13.0 Å². The van der Waals surface area contributed by atoms with Gasteiger partial charge < -0.3 is 5.32 Å². The first-order valence-electron chi connectivity index (χ1n) is 6.82. The van der Waals surface area contributed by atoms with Crippen molar-refractivity contribution in [1.29, 1.82) is 0 Å². The molecule has 0 fully saturated rings. The highest BCUT2D eigenvalue weighted by Crippen LogP contribution is 2.26. The number of para-hydroxylation sites is 1. The summed E-state index contributed by atoms with van der Waals surface area (Å²) in [6.45, 7) is 1.80. The lowest BCUT2D eigenvalue weighted by molar-refractivity contribution is 0.603. The molecule has 0 aromatic heterocycles. The highest BCUT2D eigenvalue weighted by molar-refractivity contribution is 5.53. The van der Waals surface area contributed by atoms with Crippen molar-refractivity contribution >= 4 is 5.69 Å². The summed E-state index contributed by atoms with van der Waals surface area (Å²) < 4.78 is 13.6. The van der Waals surface area contributed by atoms with Gasteiger partial charge in [0, 0.05) is 11.7 Å². The SMILES string of the molecule is Cc1ccc(CC2CCc3ccccc3N2)cc1F. The normalized spacial score (nSPS) is 17.7. The minimum atomic E-state index is -0.103. The van der Waals surface area contributed by atoms with E-state index in [4.69, 9.17) is 0 Å². The molecule has 0 bridgehead atoms. The van der Waals surface area contributed by atoms with Crippen LogP contribution < -0.4 is 5.32 Å². The van der Waals surface area contributed by atoms with Gasteiger partial charge in [0.2, 0.25) is 0 Å². The van der Waals surface area contributed by atoms with Crippen molar-refractivity contribution in [2.24, 2.45) is 0 Å². The molecule has 1 heterocycles. The molecule has 1 atom stereocenters. The van der Waals surface area contributed by atoms with Gasteiger partial charge in [-0.25, -0.2) is 4.39 Å². The third-order valence-corrected chi connectivity index (χ3v) is 3.86. The average molecular weight is 255 g/mol. The Labute approximate surface area is 113 Å². The smallest absolute Gasteiger partial charge is 0.126 e. The van der Waals surface area contributed by atoms with E-state index in [0.29, 0.717) is 11.6 Å². The van der Waals surface area contributed by atoms with Crippen molar-refractivity contribution in [2.75, 3.05) is 5.32 Å². The van der Waals surface area contributed by atoms with Gasteiger partial charge in [0.1, 0.15) is 5.82 Å². The third-order valence-electron chi connectivity index (χ3n) is 3.86. The highest BCUT2D eigenvalue weighted by atomic mass is 19.1. The number of hydrogen-bond acceptors (Lipinski definition) is 1. The van der Waals surface area contributed by atoms with Crippen LogP contribution in [0.5, 0.6) is 0 Å². The first-order valence-corrected chi connectivity index (χ1v) is 6.82. The lowest BCUT2D eigenvalue weighted by Crippen LogP contribution is -2.27. The molecule has 0 saturated heterocycles. The van der Waals surface area contributed by atoms with E-state index in [9.17, 15) is 4.39 Å². The van der Waals surface area contributed by atoms with Crippen LogP contribution in [0.3, 0.4) is 0 Å². The maximum absolute atomic E-state index is 13.6. The number of fused-ring (bicyclic) bond motifs is 1. The Morgan fingerprint density at radius 1 is 1.21 bits per heavy atom. The summed E-state index contributed by atoms with van der Waals surface area (Å²) in [4.78, 5) is 0. The second-order valence-electron chi connectivity index (χ2n) is 5.32. The molecule has 0 aliphatic carbocycles. The fourth-order valence-electron chi connectivity index (χ4n) is 2.70. The first-order chi connectivity index (χ1) is 9.22. The zero-order chi connectivity index (χ0) is 13.2. The molecule has 1 unspecified atom stereocenters. The molecule has 2 heteroatoms. The second kappa shape index (κ2) is 5.04. The standard InChI is InChI=1S/C17H18FN/c1-12-6-7-13(11-16(12)18)10-15-9-8-14-4-2-3-5-17(14)19-15/h2-7,11,15,19H,8-10H2,1H3. The lowest BCUT2D eigenvalue weighted by Gasteiger charge is -2.27. The van der Waals surface area contributed by atoms with Crippen molar-refractivity contribution in [3.63, 3.8) is 0 Å². The van der Waals surface area contributed by atoms with Gasteiger partial charge in [0.15, 0.2) is 0 Å². The first kappa shape index (κ1) is 12.2. The Morgan fingerprint density at radius 2 is 2.05 bits per heavy atom. The van der Waals surface area contributed by atoms with Crippen molar-refractivity contribution in [3.8, 4) is 0 Å². The number of hydrogen-bond donors (Lipinski definition) is 1. The molecule has 3 rings (SSSR count). The summed E-state index contributed by atoms with van der Waals surface area (Å²) in [6.07, 6.45) is 3.08. The van der Waals surface area contributed by atoms with Crippen LogP contribution in [-0.4, -0.2) is 6.04 Å². The quantitative estimate of drug-likeness (QED) is 0.851. The van der Waals surface area contributed by atoms with Crippen molar-refractivity contribution in [2.45, 2.75) is 32.2 Å². The van der Waals surface area contributed by atoms with E-state index in [1.165, 1.54) is 11.3 Å². The largest absolute Gasteiger partial charge is 0.382 e. The minimum Gasteiger partial charge on any atom is -0.382 e. The lowest BCUT2D eigenvalue weighted by atomic mass is 9.93. The Hall–Kier alpha value is -1.83. The summed E-state index contributed by atoms with van der Waals surface area (Å²) in [5, 5.41) is 3.56. The fourth-order valence-corrected chi connectivity index (χ4v) is 2.70. The molecule has 0 amide bonds. The summed E-state index contributed by atoms with van der Waals surface area (Å²) in [5.41, 5.74) is 4.39. The summed E-state index contributed by atoms with van der Waals surface area (Å²) in [5.74, 6) is -0.103. The van der Waals surface area contributed by atoms with Crippen LogP contribution in [0.25, 0.3) is 0 Å². The molecule has 0 saturated carbocycles. The predicted octanol–water partition coefficient (Wildman–Crippen LogP) is 4.10. The molecule has 1 aliphatic rings. The molecule has 19 heavy (non-hydrogen) atoms. The van der Waals surface area contributed by atoms with Gasteiger partial charge in [0.05, 0.1) is 0 Å². The summed E-state index contributed by atoms with van der Waals surface area (Å²) in [7, 11) is 0. The maximum atomic E-state index is 13.6. The van der Waals surface area contributed by atoms with Gasteiger partial charge in [-0.15, -0.1) is 0 Å². The maximum Gasteiger partial charge on any atom is 0.126 e. The Balaban J connectivity index is 1.73. The number of benzene rings is 2. The van der Waals surface area contributed by atoms with E-state index >= 15 is 0 Å². The number of nitrogens with one attached hydrogen (secondary N) is 1. The molecule has 0 spiro atoms. The van der Waals surface area contributed by atoms with Crippen LogP contribution in [0.1, 0.15) is 23.1 Å². The van der Waals surface area contributed by atoms with Crippen LogP contribution in [0.15, 0.2) is 42.5 Å². The number of halogens is 1. The second-order valence-corrected chi connectivity index (χ2v) is 5.32. The van der Waals surface area contributed by atoms with E-state index in [2.05, 4.69) is 29.6 Å². The Bertz CT molecular complexity index is 592. The summed E-state index contributed by atoms with van der Waals surface area (Å²) in [6, 6.07) is 14.4. The van der Waals surface area contributed by atoms with Gasteiger partial charge >= 0.3 is 0 Å². The Morgan fingerprint density at radius 3 is 2.89 bits per heavy atom. The van der Waals surface area contributed by atoms with E-state index < -0.39 is 0 Å². The van der Waals surface area contributed by atoms with Crippen LogP contribution in [-0.2, 0) is 12.8 Å². The van der Waals surface area contributed by atoms with Crippen LogP contribution >= 0.6 is 0 Å². The monoisotopic (exact) mass is 255 g/mol. The fraction of sp³-hybridized carbons (Fsp3) is 0.294. The van der Waals surface area contributed by atoms with Crippen LogP contribution in [0.4, 0.5) is 10.1 Å². The van der Waals surface area contributed by atoms with E-state index in [-0.39, 0.29) is 5.82 Å². The van der Waals surface area contributed by atoms with Gasteiger partial charge in [-0.3, -0.25) is 0 Å². The average Bonchev–Trinajstić information content (AvgIpc) is 2.43.